The van der Waals surface area contributed by atoms with Gasteiger partial charge in [-0.2, -0.15) is 13.2 Å². The summed E-state index contributed by atoms with van der Waals surface area (Å²) in [6.45, 7) is 8.30. The fraction of sp³-hybridized carbons (Fsp3) is 0.400. The van der Waals surface area contributed by atoms with E-state index in [-0.39, 0.29) is 29.7 Å². The second-order valence-corrected chi connectivity index (χ2v) is 18.5. The highest BCUT2D eigenvalue weighted by atomic mass is 19.4. The van der Waals surface area contributed by atoms with Gasteiger partial charge in [-0.05, 0) is 95.8 Å². The summed E-state index contributed by atoms with van der Waals surface area (Å²) in [5, 5.41) is 10.5. The number of rotatable bonds is 11. The number of imidazole rings is 1. The lowest BCUT2D eigenvalue weighted by Crippen LogP contribution is -2.52. The third-order valence-corrected chi connectivity index (χ3v) is 14.3. The summed E-state index contributed by atoms with van der Waals surface area (Å²) in [5.74, 6) is 0.168. The van der Waals surface area contributed by atoms with Gasteiger partial charge in [0.25, 0.3) is 5.91 Å². The highest BCUT2D eigenvalue weighted by molar-refractivity contribution is 6.05. The van der Waals surface area contributed by atoms with Gasteiger partial charge >= 0.3 is 11.9 Å². The summed E-state index contributed by atoms with van der Waals surface area (Å²) in [5.41, 5.74) is 5.38. The van der Waals surface area contributed by atoms with Crippen LogP contribution in [0.25, 0.3) is 11.2 Å². The Morgan fingerprint density at radius 3 is 2.30 bits per heavy atom. The van der Waals surface area contributed by atoms with Gasteiger partial charge in [0.2, 0.25) is 11.8 Å². The van der Waals surface area contributed by atoms with Crippen LogP contribution >= 0.6 is 0 Å². The van der Waals surface area contributed by atoms with Crippen molar-refractivity contribution in [3.8, 4) is 5.69 Å². The van der Waals surface area contributed by atoms with Gasteiger partial charge in [-0.1, -0.05) is 43.3 Å². The zero-order chi connectivity index (χ0) is 46.6. The van der Waals surface area contributed by atoms with Crippen molar-refractivity contribution in [3.63, 3.8) is 0 Å². The lowest BCUT2D eigenvalue weighted by molar-refractivity contribution is -0.137. The monoisotopic (exact) mass is 914 g/mol. The van der Waals surface area contributed by atoms with E-state index in [4.69, 9.17) is 0 Å². The van der Waals surface area contributed by atoms with Crippen LogP contribution in [0.4, 0.5) is 18.9 Å². The van der Waals surface area contributed by atoms with Crippen LogP contribution in [-0.2, 0) is 42.3 Å². The number of halogens is 3. The number of hydrogen-bond acceptors (Lipinski definition) is 9. The maximum absolute atomic E-state index is 14.6. The lowest BCUT2D eigenvalue weighted by Gasteiger charge is -2.35. The van der Waals surface area contributed by atoms with Crippen molar-refractivity contribution >= 4 is 28.9 Å². The van der Waals surface area contributed by atoms with Crippen LogP contribution < -0.4 is 15.9 Å². The maximum Gasteiger partial charge on any atom is 0.418 e. The van der Waals surface area contributed by atoms with Crippen molar-refractivity contribution in [1.82, 2.24) is 43.7 Å². The lowest BCUT2D eigenvalue weighted by atomic mass is 9.88. The molecule has 6 aromatic rings. The Hall–Kier alpha value is -6.59. The van der Waals surface area contributed by atoms with Gasteiger partial charge in [0.05, 0.1) is 16.8 Å². The smallest absolute Gasteiger partial charge is 0.371 e. The first-order valence-electron chi connectivity index (χ1n) is 23.1. The number of imide groups is 1. The third kappa shape index (κ3) is 8.89. The largest absolute Gasteiger partial charge is 0.418 e. The molecule has 14 nitrogen and oxygen atoms in total. The van der Waals surface area contributed by atoms with E-state index in [1.165, 1.54) is 28.0 Å². The number of aryl methyl sites for hydroxylation is 1. The first-order chi connectivity index (χ1) is 32.3. The van der Waals surface area contributed by atoms with E-state index >= 15 is 0 Å². The molecular weight excluding hydrogens is 862 g/mol. The number of hydrogen-bond donors (Lipinski definition) is 1. The average Bonchev–Trinajstić information content (AvgIpc) is 4.01. The SMILES string of the molecule is C[C@H](c1cccc(-n2cc3c(C(F)(F)F)cc(CN4CCN(CCc5ccc(C6CCN(c7ccc8c(c7)CN(C7CCC(=O)NC7=O)C8=O)CC6)cc5)CC4)cn3c2=O)c1)c1nncn1C. The van der Waals surface area contributed by atoms with Gasteiger partial charge < -0.3 is 19.3 Å². The molecular formula is C50H53F3N10O4. The molecule has 348 valence electrons. The van der Waals surface area contributed by atoms with Gasteiger partial charge in [-0.3, -0.25) is 33.6 Å². The second-order valence-electron chi connectivity index (χ2n) is 18.5. The standard InChI is InChI=1S/C50H53F3N10O4/c1-32(46-56-54-31-57(46)2)37-4-3-5-40(25-37)61-30-44-42(50(51,52)53)24-34(28-63(44)49(61)67)27-59-22-20-58(21-23-59)17-14-33-6-8-35(9-7-33)36-15-18-60(19-16-36)39-10-11-41-38(26-39)29-62(48(41)66)43-12-13-45(64)55-47(43)65/h3-11,24-26,28,30-32,36,43H,12-23,27,29H2,1-2H3,(H,55,64,65)/t32-,43?/m1/s1. The summed E-state index contributed by atoms with van der Waals surface area (Å²) in [7, 11) is 1.85. The number of nitrogens with zero attached hydrogens (tertiary/aromatic N) is 9. The molecule has 0 aliphatic carbocycles. The molecule has 67 heavy (non-hydrogen) atoms. The quantitative estimate of drug-likeness (QED) is 0.158. The number of fused-ring (bicyclic) bond motifs is 2. The molecule has 3 aromatic carbocycles. The first-order valence-corrected chi connectivity index (χ1v) is 23.1. The summed E-state index contributed by atoms with van der Waals surface area (Å²) < 4.78 is 47.9. The normalized spacial score (nSPS) is 19.4. The zero-order valence-corrected chi connectivity index (χ0v) is 37.6. The second kappa shape index (κ2) is 17.9. The number of benzene rings is 3. The van der Waals surface area contributed by atoms with Crippen LogP contribution in [0.3, 0.4) is 0 Å². The Morgan fingerprint density at radius 1 is 0.821 bits per heavy atom. The van der Waals surface area contributed by atoms with E-state index in [0.29, 0.717) is 55.3 Å². The molecule has 0 spiro atoms. The predicted octanol–water partition coefficient (Wildman–Crippen LogP) is 5.89. The minimum atomic E-state index is -4.66. The minimum Gasteiger partial charge on any atom is -0.371 e. The van der Waals surface area contributed by atoms with Crippen molar-refractivity contribution in [2.24, 2.45) is 7.05 Å². The van der Waals surface area contributed by atoms with E-state index < -0.39 is 29.4 Å². The van der Waals surface area contributed by atoms with E-state index in [0.717, 1.165) is 79.0 Å². The van der Waals surface area contributed by atoms with E-state index in [9.17, 15) is 32.3 Å². The number of aromatic nitrogens is 5. The van der Waals surface area contributed by atoms with Crippen LogP contribution in [0, 0.1) is 0 Å². The molecule has 3 fully saturated rings. The molecule has 4 aliphatic heterocycles. The van der Waals surface area contributed by atoms with E-state index in [1.807, 2.05) is 42.8 Å². The van der Waals surface area contributed by atoms with Crippen LogP contribution in [0.2, 0.25) is 0 Å². The summed E-state index contributed by atoms with van der Waals surface area (Å²) in [6, 6.07) is 22.7. The molecule has 0 radical (unpaired) electrons. The van der Waals surface area contributed by atoms with Crippen LogP contribution in [0.1, 0.15) is 94.0 Å². The number of pyridine rings is 1. The number of alkyl halides is 3. The molecule has 17 heteroatoms. The van der Waals surface area contributed by atoms with Gasteiger partial charge in [0, 0.05) is 102 Å². The van der Waals surface area contributed by atoms with Crippen LogP contribution in [0.15, 0.2) is 96.3 Å². The Balaban J connectivity index is 0.713. The van der Waals surface area contributed by atoms with E-state index in [1.54, 1.807) is 29.6 Å². The molecule has 3 aromatic heterocycles. The summed E-state index contributed by atoms with van der Waals surface area (Å²) >= 11 is 0. The van der Waals surface area contributed by atoms with Gasteiger partial charge in [-0.25, -0.2) is 4.79 Å². The molecule has 4 aliphatic rings. The number of carbonyl (C=O) groups excluding carboxylic acids is 3. The Labute approximate surface area is 385 Å². The number of amides is 3. The van der Waals surface area contributed by atoms with Crippen molar-refractivity contribution in [2.75, 3.05) is 50.7 Å². The number of nitrogens with one attached hydrogen (secondary N) is 1. The zero-order valence-electron chi connectivity index (χ0n) is 37.6. The Kier molecular flexibility index (Phi) is 11.8. The maximum atomic E-state index is 14.6. The minimum absolute atomic E-state index is 0.155. The molecule has 0 bridgehead atoms. The third-order valence-electron chi connectivity index (χ3n) is 14.3. The predicted molar refractivity (Wildman–Crippen MR) is 245 cm³/mol. The molecule has 2 atom stereocenters. The summed E-state index contributed by atoms with van der Waals surface area (Å²) in [6.07, 6.45) is 3.28. The van der Waals surface area contributed by atoms with E-state index in [2.05, 4.69) is 60.5 Å². The molecule has 7 heterocycles. The molecule has 3 amide bonds. The number of carbonyl (C=O) groups is 3. The summed E-state index contributed by atoms with van der Waals surface area (Å²) in [4.78, 5) is 59.6. The fourth-order valence-electron chi connectivity index (χ4n) is 10.4. The molecule has 3 saturated heterocycles. The van der Waals surface area contributed by atoms with Gasteiger partial charge in [0.15, 0.2) is 0 Å². The molecule has 1 unspecified atom stereocenters. The van der Waals surface area contributed by atoms with Gasteiger partial charge in [0.1, 0.15) is 18.2 Å². The number of anilines is 1. The van der Waals surface area contributed by atoms with Crippen LogP contribution in [0.5, 0.6) is 0 Å². The molecule has 1 N–H and O–H groups in total. The van der Waals surface area contributed by atoms with Gasteiger partial charge in [-0.15, -0.1) is 10.2 Å². The van der Waals surface area contributed by atoms with Crippen LogP contribution in [-0.4, -0.2) is 108 Å². The first kappa shape index (κ1) is 44.3. The van der Waals surface area contributed by atoms with Crippen molar-refractivity contribution in [1.29, 1.82) is 0 Å². The number of piperazine rings is 1. The fourth-order valence-corrected chi connectivity index (χ4v) is 10.4. The number of piperidine rings is 2. The van der Waals surface area contributed by atoms with Crippen molar-refractivity contribution in [2.45, 2.75) is 76.2 Å². The molecule has 10 rings (SSSR count). The van der Waals surface area contributed by atoms with Crippen molar-refractivity contribution in [3.05, 3.63) is 147 Å². The molecule has 0 saturated carbocycles. The Bertz CT molecular complexity index is 2910. The highest BCUT2D eigenvalue weighted by Crippen LogP contribution is 2.36. The Morgan fingerprint density at radius 2 is 1.58 bits per heavy atom. The highest BCUT2D eigenvalue weighted by Gasteiger charge is 2.40. The van der Waals surface area contributed by atoms with Crippen molar-refractivity contribution < 1.29 is 27.6 Å². The average molecular weight is 915 g/mol. The topological polar surface area (TPSA) is 133 Å².